The van der Waals surface area contributed by atoms with Crippen LogP contribution in [0.3, 0.4) is 0 Å². The molecule has 8 heteroatoms. The summed E-state index contributed by atoms with van der Waals surface area (Å²) in [6.45, 7) is 1.08. The number of hydrogen-bond acceptors (Lipinski definition) is 6. The molecule has 0 fully saturated rings. The maximum absolute atomic E-state index is 12.2. The Hall–Kier alpha value is -2.74. The van der Waals surface area contributed by atoms with Gasteiger partial charge >= 0.3 is 12.4 Å². The van der Waals surface area contributed by atoms with Crippen LogP contribution in [0.2, 0.25) is 0 Å². The van der Waals surface area contributed by atoms with Crippen molar-refractivity contribution in [2.24, 2.45) is 0 Å². The summed E-state index contributed by atoms with van der Waals surface area (Å²) in [7, 11) is 0. The second-order valence-electron chi connectivity index (χ2n) is 4.63. The first kappa shape index (κ1) is 17.6. The van der Waals surface area contributed by atoms with Crippen LogP contribution < -0.4 is 0 Å². The Labute approximate surface area is 145 Å². The predicted octanol–water partition coefficient (Wildman–Crippen LogP) is 3.23. The highest BCUT2D eigenvalue weighted by atomic mass is 79.9. The second kappa shape index (κ2) is 8.21. The van der Waals surface area contributed by atoms with E-state index in [1.165, 1.54) is 24.3 Å². The topological polar surface area (TPSA) is 95.7 Å². The van der Waals surface area contributed by atoms with Crippen LogP contribution in [0.15, 0.2) is 53.0 Å². The molecule has 0 saturated carbocycles. The molecule has 2 aromatic rings. The van der Waals surface area contributed by atoms with Crippen molar-refractivity contribution in [3.8, 4) is 0 Å². The average molecular weight is 393 g/mol. The Kier molecular flexibility index (Phi) is 6.02. The molecule has 1 unspecified atom stereocenters. The molecule has 0 N–H and O–H groups in total. The van der Waals surface area contributed by atoms with Gasteiger partial charge in [-0.05, 0) is 23.8 Å². The van der Waals surface area contributed by atoms with Gasteiger partial charge in [0, 0.05) is 10.5 Å². The molecule has 0 aliphatic rings. The Balaban J connectivity index is 2.17. The first-order chi connectivity index (χ1) is 11.5. The van der Waals surface area contributed by atoms with Gasteiger partial charge < -0.3 is 9.47 Å². The van der Waals surface area contributed by atoms with Crippen LogP contribution in [0.5, 0.6) is 0 Å². The number of nitrogens with zero attached hydrogens (tertiary/aromatic N) is 1. The number of carbonyl (C=O) groups is 1. The number of benzene rings is 2. The third-order valence-corrected chi connectivity index (χ3v) is 3.62. The van der Waals surface area contributed by atoms with E-state index in [-0.39, 0.29) is 17.9 Å². The van der Waals surface area contributed by atoms with E-state index in [2.05, 4.69) is 20.7 Å². The molecule has 0 aliphatic heterocycles. The summed E-state index contributed by atoms with van der Waals surface area (Å²) in [5, 5.41) is 11.1. The number of halogens is 1. The molecule has 24 heavy (non-hydrogen) atoms. The molecule has 1 atom stereocenters. The minimum absolute atomic E-state index is 0.0640. The van der Waals surface area contributed by atoms with E-state index in [1.807, 2.05) is 0 Å². The van der Waals surface area contributed by atoms with Crippen molar-refractivity contribution < 1.29 is 24.0 Å². The SMILES string of the molecule is O=[C]OC(C(=O)OCc1ccc(Br)cc1)c1ccccc1[N+](=O)[O-]. The number of esters is 1. The lowest BCUT2D eigenvalue weighted by molar-refractivity contribution is -0.386. The lowest BCUT2D eigenvalue weighted by atomic mass is 10.1. The van der Waals surface area contributed by atoms with Gasteiger partial charge in [-0.15, -0.1) is 0 Å². The van der Waals surface area contributed by atoms with Crippen molar-refractivity contribution in [1.82, 2.24) is 0 Å². The summed E-state index contributed by atoms with van der Waals surface area (Å²) in [6.07, 6.45) is -1.56. The van der Waals surface area contributed by atoms with Gasteiger partial charge in [-0.3, -0.25) is 10.1 Å². The monoisotopic (exact) mass is 392 g/mol. The van der Waals surface area contributed by atoms with Gasteiger partial charge in [0.1, 0.15) is 6.61 Å². The lowest BCUT2D eigenvalue weighted by Gasteiger charge is -2.14. The fourth-order valence-corrected chi connectivity index (χ4v) is 2.24. The third-order valence-electron chi connectivity index (χ3n) is 3.09. The molecule has 0 spiro atoms. The zero-order valence-electron chi connectivity index (χ0n) is 12.2. The molecule has 123 valence electrons. The zero-order valence-corrected chi connectivity index (χ0v) is 13.8. The van der Waals surface area contributed by atoms with E-state index in [9.17, 15) is 19.7 Å². The van der Waals surface area contributed by atoms with Crippen molar-refractivity contribution in [2.45, 2.75) is 12.7 Å². The minimum atomic E-state index is -1.56. The Morgan fingerprint density at radius 3 is 2.50 bits per heavy atom. The first-order valence-electron chi connectivity index (χ1n) is 6.70. The number of ether oxygens (including phenoxy) is 2. The molecule has 0 saturated heterocycles. The van der Waals surface area contributed by atoms with Crippen LogP contribution in [0.25, 0.3) is 0 Å². The quantitative estimate of drug-likeness (QED) is 0.407. The highest BCUT2D eigenvalue weighted by Crippen LogP contribution is 2.28. The molecular weight excluding hydrogens is 382 g/mol. The van der Waals surface area contributed by atoms with E-state index in [0.29, 0.717) is 5.56 Å². The number of nitro groups is 1. The van der Waals surface area contributed by atoms with Crippen LogP contribution in [-0.4, -0.2) is 17.4 Å². The van der Waals surface area contributed by atoms with E-state index >= 15 is 0 Å². The maximum Gasteiger partial charge on any atom is 0.418 e. The third kappa shape index (κ3) is 4.39. The number of nitro benzene ring substituents is 1. The van der Waals surface area contributed by atoms with E-state index in [4.69, 9.17) is 4.74 Å². The fourth-order valence-electron chi connectivity index (χ4n) is 1.97. The van der Waals surface area contributed by atoms with Crippen molar-refractivity contribution in [1.29, 1.82) is 0 Å². The minimum Gasteiger partial charge on any atom is -0.458 e. The van der Waals surface area contributed by atoms with Gasteiger partial charge in [0.2, 0.25) is 6.10 Å². The van der Waals surface area contributed by atoms with Gasteiger partial charge in [0.05, 0.1) is 10.5 Å². The summed E-state index contributed by atoms with van der Waals surface area (Å²) in [6, 6.07) is 12.5. The molecular formula is C16H11BrNO6. The largest absolute Gasteiger partial charge is 0.458 e. The average Bonchev–Trinajstić information content (AvgIpc) is 2.59. The molecule has 0 heterocycles. The van der Waals surface area contributed by atoms with Crippen LogP contribution in [0, 0.1) is 10.1 Å². The highest BCUT2D eigenvalue weighted by molar-refractivity contribution is 9.10. The highest BCUT2D eigenvalue weighted by Gasteiger charge is 2.31. The standard InChI is InChI=1S/C16H11BrNO6/c17-12-7-5-11(6-8-12)9-23-16(20)15(24-10-19)13-3-1-2-4-14(13)18(21)22/h1-8,15H,9H2. The molecule has 0 aromatic heterocycles. The van der Waals surface area contributed by atoms with Crippen LogP contribution in [-0.2, 0) is 25.7 Å². The molecule has 0 amide bonds. The van der Waals surface area contributed by atoms with Crippen molar-refractivity contribution in [3.63, 3.8) is 0 Å². The number of hydrogen-bond donors (Lipinski definition) is 0. The summed E-state index contributed by atoms with van der Waals surface area (Å²) in [5.41, 5.74) is 0.285. The first-order valence-corrected chi connectivity index (χ1v) is 7.49. The zero-order chi connectivity index (χ0) is 17.5. The Morgan fingerprint density at radius 1 is 1.21 bits per heavy atom. The predicted molar refractivity (Wildman–Crippen MR) is 86.6 cm³/mol. The molecule has 0 aliphatic carbocycles. The van der Waals surface area contributed by atoms with Gasteiger partial charge in [-0.25, -0.2) is 9.59 Å². The van der Waals surface area contributed by atoms with E-state index < -0.39 is 17.0 Å². The summed E-state index contributed by atoms with van der Waals surface area (Å²) in [5.74, 6) is -0.921. The summed E-state index contributed by atoms with van der Waals surface area (Å²) < 4.78 is 10.6. The van der Waals surface area contributed by atoms with Gasteiger partial charge in [-0.1, -0.05) is 40.2 Å². The number of rotatable bonds is 7. The van der Waals surface area contributed by atoms with Gasteiger partial charge in [-0.2, -0.15) is 0 Å². The summed E-state index contributed by atoms with van der Waals surface area (Å²) in [4.78, 5) is 33.1. The molecule has 0 bridgehead atoms. The normalized spacial score (nSPS) is 11.4. The van der Waals surface area contributed by atoms with Gasteiger partial charge in [0.25, 0.3) is 5.69 Å². The smallest absolute Gasteiger partial charge is 0.418 e. The van der Waals surface area contributed by atoms with E-state index in [1.54, 1.807) is 24.3 Å². The van der Waals surface area contributed by atoms with Crippen molar-refractivity contribution in [3.05, 3.63) is 74.2 Å². The van der Waals surface area contributed by atoms with Crippen LogP contribution >= 0.6 is 15.9 Å². The molecule has 2 aromatic carbocycles. The number of para-hydroxylation sites is 1. The van der Waals surface area contributed by atoms with Gasteiger partial charge in [0.15, 0.2) is 0 Å². The fraction of sp³-hybridized carbons (Fsp3) is 0.125. The van der Waals surface area contributed by atoms with Crippen LogP contribution in [0.4, 0.5) is 5.69 Å². The summed E-state index contributed by atoms with van der Waals surface area (Å²) >= 11 is 3.29. The van der Waals surface area contributed by atoms with Crippen LogP contribution in [0.1, 0.15) is 17.2 Å². The number of carbonyl (C=O) groups excluding carboxylic acids is 2. The molecule has 1 radical (unpaired) electrons. The maximum atomic E-state index is 12.2. The van der Waals surface area contributed by atoms with Crippen molar-refractivity contribution in [2.75, 3.05) is 0 Å². The lowest BCUT2D eigenvalue weighted by Crippen LogP contribution is -2.19. The van der Waals surface area contributed by atoms with E-state index in [0.717, 1.165) is 10.9 Å². The van der Waals surface area contributed by atoms with Crippen molar-refractivity contribution >= 4 is 34.1 Å². The molecule has 7 nitrogen and oxygen atoms in total. The Morgan fingerprint density at radius 2 is 1.88 bits per heavy atom. The molecule has 2 rings (SSSR count). The second-order valence-corrected chi connectivity index (χ2v) is 5.55. The Bertz CT molecular complexity index is 746.